The van der Waals surface area contributed by atoms with Gasteiger partial charge in [-0.25, -0.2) is 4.79 Å². The number of fused-ring (bicyclic) bond motifs is 1. The fourth-order valence-electron chi connectivity index (χ4n) is 4.94. The van der Waals surface area contributed by atoms with Gasteiger partial charge >= 0.3 is 5.97 Å². The second-order valence-electron chi connectivity index (χ2n) is 8.30. The minimum absolute atomic E-state index is 0.0427. The summed E-state index contributed by atoms with van der Waals surface area (Å²) >= 11 is 6.64. The van der Waals surface area contributed by atoms with E-state index in [1.807, 2.05) is 6.92 Å². The lowest BCUT2D eigenvalue weighted by Crippen LogP contribution is -2.35. The Morgan fingerprint density at radius 2 is 1.87 bits per heavy atom. The molecule has 2 aliphatic heterocycles. The van der Waals surface area contributed by atoms with Crippen LogP contribution in [0.2, 0.25) is 5.02 Å². The number of Topliss-reactive ketones (excluding diaryl/α,β-unsaturated/α-hetero) is 1. The zero-order valence-electron chi connectivity index (χ0n) is 16.9. The normalized spacial score (nSPS) is 23.5. The summed E-state index contributed by atoms with van der Waals surface area (Å²) in [5.74, 6) is 0.221. The van der Waals surface area contributed by atoms with Crippen molar-refractivity contribution in [1.82, 2.24) is 5.32 Å². The Morgan fingerprint density at radius 1 is 1.13 bits per heavy atom. The van der Waals surface area contributed by atoms with E-state index in [0.717, 1.165) is 44.2 Å². The van der Waals surface area contributed by atoms with Crippen molar-refractivity contribution in [3.63, 3.8) is 0 Å². The topological polar surface area (TPSA) is 73.9 Å². The van der Waals surface area contributed by atoms with E-state index >= 15 is 0 Å². The molecule has 4 aliphatic rings. The summed E-state index contributed by atoms with van der Waals surface area (Å²) in [4.78, 5) is 26.3. The molecular formula is C23H24ClNO5. The van der Waals surface area contributed by atoms with Crippen LogP contribution in [0.15, 0.2) is 34.7 Å². The van der Waals surface area contributed by atoms with Crippen LogP contribution < -0.4 is 14.8 Å². The van der Waals surface area contributed by atoms with Gasteiger partial charge in [0.25, 0.3) is 0 Å². The summed E-state index contributed by atoms with van der Waals surface area (Å²) in [6.07, 6.45) is 5.86. The third-order valence-corrected chi connectivity index (χ3v) is 6.70. The van der Waals surface area contributed by atoms with Crippen molar-refractivity contribution < 1.29 is 23.8 Å². The SMILES string of the molecule is CC1=C(C(=O)OC2CCCC2)C(c2cc3c(cc2Cl)OCO3)C2=C(CCCC2=O)N1. The van der Waals surface area contributed by atoms with Gasteiger partial charge in [-0.05, 0) is 57.1 Å². The van der Waals surface area contributed by atoms with Crippen LogP contribution >= 0.6 is 11.6 Å². The fourth-order valence-corrected chi connectivity index (χ4v) is 5.20. The summed E-state index contributed by atoms with van der Waals surface area (Å²) in [5.41, 5.74) is 3.33. The Labute approximate surface area is 180 Å². The maximum absolute atomic E-state index is 13.3. The predicted molar refractivity (Wildman–Crippen MR) is 110 cm³/mol. The number of nitrogens with one attached hydrogen (secondary N) is 1. The second-order valence-corrected chi connectivity index (χ2v) is 8.71. The zero-order valence-corrected chi connectivity index (χ0v) is 17.6. The Kier molecular flexibility index (Phi) is 4.97. The molecule has 1 saturated carbocycles. The van der Waals surface area contributed by atoms with Gasteiger partial charge < -0.3 is 19.5 Å². The van der Waals surface area contributed by atoms with Crippen LogP contribution in [0.5, 0.6) is 11.5 Å². The molecule has 1 aromatic carbocycles. The molecule has 0 saturated heterocycles. The van der Waals surface area contributed by atoms with E-state index in [1.54, 1.807) is 12.1 Å². The quantitative estimate of drug-likeness (QED) is 0.712. The molecule has 158 valence electrons. The minimum atomic E-state index is -0.579. The average Bonchev–Trinajstić information content (AvgIpc) is 3.38. The van der Waals surface area contributed by atoms with Crippen LogP contribution in [0.1, 0.15) is 63.4 Å². The van der Waals surface area contributed by atoms with Crippen LogP contribution in [0.4, 0.5) is 0 Å². The van der Waals surface area contributed by atoms with E-state index in [9.17, 15) is 9.59 Å². The van der Waals surface area contributed by atoms with Gasteiger partial charge in [-0.1, -0.05) is 11.6 Å². The summed E-state index contributed by atoms with van der Waals surface area (Å²) in [6, 6.07) is 3.49. The Morgan fingerprint density at radius 3 is 2.63 bits per heavy atom. The monoisotopic (exact) mass is 429 g/mol. The molecule has 1 fully saturated rings. The number of hydrogen-bond acceptors (Lipinski definition) is 6. The summed E-state index contributed by atoms with van der Waals surface area (Å²) < 4.78 is 16.8. The highest BCUT2D eigenvalue weighted by molar-refractivity contribution is 6.32. The number of dihydropyridines is 1. The van der Waals surface area contributed by atoms with Crippen molar-refractivity contribution >= 4 is 23.4 Å². The molecule has 1 unspecified atom stereocenters. The summed E-state index contributed by atoms with van der Waals surface area (Å²) in [6.45, 7) is 1.99. The number of carbonyl (C=O) groups is 2. The molecule has 0 bridgehead atoms. The average molecular weight is 430 g/mol. The minimum Gasteiger partial charge on any atom is -0.459 e. The highest BCUT2D eigenvalue weighted by Crippen LogP contribution is 2.48. The zero-order chi connectivity index (χ0) is 20.8. The molecule has 7 heteroatoms. The smallest absolute Gasteiger partial charge is 0.337 e. The van der Waals surface area contributed by atoms with E-state index in [-0.39, 0.29) is 24.6 Å². The van der Waals surface area contributed by atoms with E-state index in [0.29, 0.717) is 45.3 Å². The molecule has 1 N–H and O–H groups in total. The Hall–Kier alpha value is -2.47. The number of benzene rings is 1. The number of halogens is 1. The van der Waals surface area contributed by atoms with Crippen LogP contribution in [-0.4, -0.2) is 24.6 Å². The van der Waals surface area contributed by atoms with Crippen LogP contribution in [0.25, 0.3) is 0 Å². The molecule has 1 atom stereocenters. The predicted octanol–water partition coefficient (Wildman–Crippen LogP) is 4.52. The first kappa shape index (κ1) is 19.5. The molecule has 5 rings (SSSR count). The maximum Gasteiger partial charge on any atom is 0.337 e. The number of carbonyl (C=O) groups excluding carboxylic acids is 2. The lowest BCUT2D eigenvalue weighted by atomic mass is 9.75. The van der Waals surface area contributed by atoms with E-state index < -0.39 is 5.92 Å². The Bertz CT molecular complexity index is 990. The molecule has 0 aromatic heterocycles. The standard InChI is InChI=1S/C23H24ClNO5/c1-12-20(23(27)30-13-5-2-3-6-13)21(22-16(25-12)7-4-8-17(22)26)14-9-18-19(10-15(14)24)29-11-28-18/h9-10,13,21,25H,2-8,11H2,1H3. The highest BCUT2D eigenvalue weighted by atomic mass is 35.5. The van der Waals surface area contributed by atoms with Crippen LogP contribution in [0.3, 0.4) is 0 Å². The Balaban J connectivity index is 1.61. The van der Waals surface area contributed by atoms with Gasteiger partial charge in [0.05, 0.1) is 5.57 Å². The van der Waals surface area contributed by atoms with Gasteiger partial charge in [-0.3, -0.25) is 4.79 Å². The van der Waals surface area contributed by atoms with Gasteiger partial charge in [0.15, 0.2) is 17.3 Å². The van der Waals surface area contributed by atoms with Crippen molar-refractivity contribution in [3.8, 4) is 11.5 Å². The van der Waals surface area contributed by atoms with Crippen molar-refractivity contribution in [1.29, 1.82) is 0 Å². The largest absolute Gasteiger partial charge is 0.459 e. The van der Waals surface area contributed by atoms with Gasteiger partial charge in [-0.2, -0.15) is 0 Å². The van der Waals surface area contributed by atoms with E-state index in [1.165, 1.54) is 0 Å². The number of allylic oxidation sites excluding steroid dienone is 3. The lowest BCUT2D eigenvalue weighted by molar-refractivity contribution is -0.144. The fraction of sp³-hybridized carbons (Fsp3) is 0.478. The second kappa shape index (κ2) is 7.65. The summed E-state index contributed by atoms with van der Waals surface area (Å²) in [5, 5.41) is 3.75. The van der Waals surface area contributed by atoms with Crippen LogP contribution in [-0.2, 0) is 14.3 Å². The molecule has 2 aliphatic carbocycles. The number of ether oxygens (including phenoxy) is 3. The molecule has 0 amide bonds. The van der Waals surface area contributed by atoms with Crippen molar-refractivity contribution in [2.24, 2.45) is 0 Å². The third kappa shape index (κ3) is 3.27. The molecule has 0 radical (unpaired) electrons. The molecular weight excluding hydrogens is 406 g/mol. The van der Waals surface area contributed by atoms with Gasteiger partial charge in [0, 0.05) is 40.4 Å². The molecule has 0 spiro atoms. The number of rotatable bonds is 3. The number of esters is 1. The van der Waals surface area contributed by atoms with Gasteiger partial charge in [-0.15, -0.1) is 0 Å². The maximum atomic E-state index is 13.3. The third-order valence-electron chi connectivity index (χ3n) is 6.37. The molecule has 2 heterocycles. The van der Waals surface area contributed by atoms with Crippen molar-refractivity contribution in [2.45, 2.75) is 63.9 Å². The number of hydrogen-bond donors (Lipinski definition) is 1. The lowest BCUT2D eigenvalue weighted by Gasteiger charge is -2.34. The number of ketones is 1. The summed E-state index contributed by atoms with van der Waals surface area (Å²) in [7, 11) is 0. The van der Waals surface area contributed by atoms with Crippen molar-refractivity contribution in [2.75, 3.05) is 6.79 Å². The first-order valence-electron chi connectivity index (χ1n) is 10.6. The molecule has 6 nitrogen and oxygen atoms in total. The first-order chi connectivity index (χ1) is 14.5. The van der Waals surface area contributed by atoms with Crippen molar-refractivity contribution in [3.05, 3.63) is 45.3 Å². The molecule has 1 aromatic rings. The van der Waals surface area contributed by atoms with Gasteiger partial charge in [0.1, 0.15) is 6.10 Å². The van der Waals surface area contributed by atoms with E-state index in [4.69, 9.17) is 25.8 Å². The van der Waals surface area contributed by atoms with E-state index in [2.05, 4.69) is 5.32 Å². The molecule has 30 heavy (non-hydrogen) atoms. The van der Waals surface area contributed by atoms with Gasteiger partial charge in [0.2, 0.25) is 6.79 Å². The highest BCUT2D eigenvalue weighted by Gasteiger charge is 2.41. The van der Waals surface area contributed by atoms with Crippen LogP contribution in [0, 0.1) is 0 Å². The first-order valence-corrected chi connectivity index (χ1v) is 10.9.